The molecule has 0 saturated heterocycles. The Morgan fingerprint density at radius 1 is 1.50 bits per heavy atom. The molecule has 0 unspecified atom stereocenters. The highest BCUT2D eigenvalue weighted by Crippen LogP contribution is 2.15. The molecule has 0 fully saturated rings. The van der Waals surface area contributed by atoms with E-state index in [1.807, 2.05) is 18.2 Å². The smallest absolute Gasteiger partial charge is 0.341 e. The van der Waals surface area contributed by atoms with Crippen molar-refractivity contribution in [2.75, 3.05) is 6.61 Å². The molecule has 3 heteroatoms. The highest BCUT2D eigenvalue weighted by atomic mass is 35.5. The third-order valence-electron chi connectivity index (χ3n) is 1.93. The Kier molecular flexibility index (Phi) is 4.84. The zero-order chi connectivity index (χ0) is 12.0. The Morgan fingerprint density at radius 3 is 2.81 bits per heavy atom. The Balaban J connectivity index is 2.91. The second-order valence-corrected chi connectivity index (χ2v) is 3.56. The number of rotatable bonds is 3. The molecule has 0 aliphatic heterocycles. The third-order valence-corrected chi connectivity index (χ3v) is 2.28. The summed E-state index contributed by atoms with van der Waals surface area (Å²) >= 11 is 5.95. The van der Waals surface area contributed by atoms with Crippen LogP contribution in [-0.4, -0.2) is 12.6 Å². The van der Waals surface area contributed by atoms with Crippen molar-refractivity contribution in [2.45, 2.75) is 13.8 Å². The zero-order valence-corrected chi connectivity index (χ0v) is 10.0. The van der Waals surface area contributed by atoms with Gasteiger partial charge in [-0.25, -0.2) is 4.79 Å². The lowest BCUT2D eigenvalue weighted by Gasteiger charge is -1.98. The minimum absolute atomic E-state index is 0.356. The van der Waals surface area contributed by atoms with Crippen LogP contribution in [0.3, 0.4) is 0 Å². The first kappa shape index (κ1) is 12.6. The van der Waals surface area contributed by atoms with Crippen LogP contribution in [0, 0.1) is 0 Å². The van der Waals surface area contributed by atoms with E-state index in [4.69, 9.17) is 16.3 Å². The maximum atomic E-state index is 11.3. The van der Waals surface area contributed by atoms with Crippen LogP contribution in [0.1, 0.15) is 19.4 Å². The van der Waals surface area contributed by atoms with E-state index in [1.54, 1.807) is 26.0 Å². The number of carbonyl (C=O) groups is 1. The van der Waals surface area contributed by atoms with Crippen LogP contribution in [0.25, 0.3) is 6.08 Å². The minimum Gasteiger partial charge on any atom is -0.462 e. The molecule has 0 bridgehead atoms. The number of esters is 1. The molecule has 0 aliphatic carbocycles. The van der Waals surface area contributed by atoms with Crippen molar-refractivity contribution >= 4 is 23.6 Å². The second-order valence-electron chi connectivity index (χ2n) is 3.16. The van der Waals surface area contributed by atoms with E-state index in [0.29, 0.717) is 17.2 Å². The highest BCUT2D eigenvalue weighted by Gasteiger charge is 2.02. The van der Waals surface area contributed by atoms with Gasteiger partial charge in [0.05, 0.1) is 12.2 Å². The fourth-order valence-electron chi connectivity index (χ4n) is 1.08. The van der Waals surface area contributed by atoms with E-state index in [-0.39, 0.29) is 5.97 Å². The van der Waals surface area contributed by atoms with Gasteiger partial charge < -0.3 is 4.74 Å². The van der Waals surface area contributed by atoms with Gasteiger partial charge in [-0.2, -0.15) is 0 Å². The maximum Gasteiger partial charge on any atom is 0.341 e. The molecule has 0 spiro atoms. The number of hydrogen-bond donors (Lipinski definition) is 0. The predicted octanol–water partition coefficient (Wildman–Crippen LogP) is 3.46. The van der Waals surface area contributed by atoms with Crippen molar-refractivity contribution in [1.82, 2.24) is 0 Å². The quantitative estimate of drug-likeness (QED) is 0.456. The topological polar surface area (TPSA) is 26.3 Å². The van der Waals surface area contributed by atoms with Gasteiger partial charge >= 0.3 is 5.97 Å². The summed E-state index contributed by atoms with van der Waals surface area (Å²) in [4.78, 5) is 11.3. The normalized spacial score (nSPS) is 9.19. The molecule has 1 rings (SSSR count). The van der Waals surface area contributed by atoms with Crippen LogP contribution in [0.5, 0.6) is 0 Å². The molecular formula is C13H13ClO2. The lowest BCUT2D eigenvalue weighted by atomic mass is 10.2. The number of hydrogen-bond acceptors (Lipinski definition) is 2. The van der Waals surface area contributed by atoms with Crippen LogP contribution < -0.4 is 0 Å². The number of halogens is 1. The van der Waals surface area contributed by atoms with Gasteiger partial charge in [0, 0.05) is 10.6 Å². The maximum absolute atomic E-state index is 11.3. The van der Waals surface area contributed by atoms with Gasteiger partial charge in [-0.1, -0.05) is 29.8 Å². The summed E-state index contributed by atoms with van der Waals surface area (Å²) in [5.74, 6) is -0.356. The first-order chi connectivity index (χ1) is 7.65. The van der Waals surface area contributed by atoms with E-state index < -0.39 is 0 Å². The first-order valence-electron chi connectivity index (χ1n) is 5.00. The molecule has 0 amide bonds. The van der Waals surface area contributed by atoms with Gasteiger partial charge in [0.25, 0.3) is 0 Å². The predicted molar refractivity (Wildman–Crippen MR) is 65.2 cm³/mol. The molecule has 0 radical (unpaired) electrons. The van der Waals surface area contributed by atoms with Crippen molar-refractivity contribution in [1.29, 1.82) is 0 Å². The fourth-order valence-corrected chi connectivity index (χ4v) is 1.27. The number of ether oxygens (including phenoxy) is 1. The summed E-state index contributed by atoms with van der Waals surface area (Å²) in [6.07, 6.45) is 1.68. The SMILES string of the molecule is CCOC(=O)C(C)=C=Cc1ccccc1Cl. The molecule has 0 atom stereocenters. The molecule has 1 aromatic rings. The van der Waals surface area contributed by atoms with Crippen LogP contribution in [-0.2, 0) is 9.53 Å². The summed E-state index contributed by atoms with van der Waals surface area (Å²) in [6, 6.07) is 7.36. The first-order valence-corrected chi connectivity index (χ1v) is 5.38. The van der Waals surface area contributed by atoms with Gasteiger partial charge in [0.1, 0.15) is 0 Å². The number of carbonyl (C=O) groups excluding carboxylic acids is 1. The van der Waals surface area contributed by atoms with E-state index in [1.165, 1.54) is 0 Å². The monoisotopic (exact) mass is 236 g/mol. The van der Waals surface area contributed by atoms with Crippen LogP contribution >= 0.6 is 11.6 Å². The van der Waals surface area contributed by atoms with Crippen molar-refractivity contribution in [3.8, 4) is 0 Å². The lowest BCUT2D eigenvalue weighted by molar-refractivity contribution is -0.138. The van der Waals surface area contributed by atoms with Crippen LogP contribution in [0.2, 0.25) is 5.02 Å². The molecule has 0 aromatic heterocycles. The standard InChI is InChI=1S/C13H13ClO2/c1-3-16-13(15)10(2)8-9-11-6-4-5-7-12(11)14/h4-7,9H,3H2,1-2H3. The Morgan fingerprint density at radius 2 is 2.19 bits per heavy atom. The molecule has 0 saturated carbocycles. The summed E-state index contributed by atoms with van der Waals surface area (Å²) in [7, 11) is 0. The Hall–Kier alpha value is -1.50. The Labute approximate surface area is 100 Å². The summed E-state index contributed by atoms with van der Waals surface area (Å²) in [6.45, 7) is 3.79. The van der Waals surface area contributed by atoms with Crippen molar-refractivity contribution in [3.63, 3.8) is 0 Å². The van der Waals surface area contributed by atoms with E-state index in [2.05, 4.69) is 5.73 Å². The molecule has 84 valence electrons. The van der Waals surface area contributed by atoms with Gasteiger partial charge in [-0.05, 0) is 26.0 Å². The van der Waals surface area contributed by atoms with Gasteiger partial charge in [-0.3, -0.25) is 0 Å². The van der Waals surface area contributed by atoms with Crippen molar-refractivity contribution in [3.05, 3.63) is 46.2 Å². The van der Waals surface area contributed by atoms with Crippen molar-refractivity contribution < 1.29 is 9.53 Å². The molecule has 0 heterocycles. The average Bonchev–Trinajstić information content (AvgIpc) is 2.28. The van der Waals surface area contributed by atoms with Crippen molar-refractivity contribution in [2.24, 2.45) is 0 Å². The molecular weight excluding hydrogens is 224 g/mol. The Bertz CT molecular complexity index is 443. The molecule has 2 nitrogen and oxygen atoms in total. The molecule has 16 heavy (non-hydrogen) atoms. The lowest BCUT2D eigenvalue weighted by Crippen LogP contribution is -2.03. The molecule has 1 aromatic carbocycles. The van der Waals surface area contributed by atoms with E-state index in [9.17, 15) is 4.79 Å². The summed E-state index contributed by atoms with van der Waals surface area (Å²) in [5, 5.41) is 0.631. The molecule has 0 N–H and O–H groups in total. The minimum atomic E-state index is -0.356. The largest absolute Gasteiger partial charge is 0.462 e. The van der Waals surface area contributed by atoms with Gasteiger partial charge in [0.2, 0.25) is 0 Å². The molecule has 0 aliphatic rings. The average molecular weight is 237 g/mol. The third kappa shape index (κ3) is 3.58. The van der Waals surface area contributed by atoms with Gasteiger partial charge in [-0.15, -0.1) is 5.73 Å². The highest BCUT2D eigenvalue weighted by molar-refractivity contribution is 6.32. The van der Waals surface area contributed by atoms with Crippen LogP contribution in [0.15, 0.2) is 35.6 Å². The zero-order valence-electron chi connectivity index (χ0n) is 9.29. The fraction of sp³-hybridized carbons (Fsp3) is 0.231. The second kappa shape index (κ2) is 6.16. The summed E-state index contributed by atoms with van der Waals surface area (Å²) < 4.78 is 4.83. The number of benzene rings is 1. The summed E-state index contributed by atoms with van der Waals surface area (Å²) in [5.41, 5.74) is 4.12. The van der Waals surface area contributed by atoms with E-state index >= 15 is 0 Å². The van der Waals surface area contributed by atoms with Gasteiger partial charge in [0.15, 0.2) is 0 Å². The van der Waals surface area contributed by atoms with E-state index in [0.717, 1.165) is 5.56 Å². The van der Waals surface area contributed by atoms with Crippen LogP contribution in [0.4, 0.5) is 0 Å².